The van der Waals surface area contributed by atoms with Crippen molar-refractivity contribution in [3.8, 4) is 22.1 Å². The molecule has 2 aromatic heterocycles. The molecule has 1 fully saturated rings. The summed E-state index contributed by atoms with van der Waals surface area (Å²) in [5, 5.41) is 6.81. The first-order valence-electron chi connectivity index (χ1n) is 8.72. The van der Waals surface area contributed by atoms with Gasteiger partial charge in [0, 0.05) is 34.5 Å². The lowest BCUT2D eigenvalue weighted by Crippen LogP contribution is -2.31. The Morgan fingerprint density at radius 1 is 1.22 bits per heavy atom. The van der Waals surface area contributed by atoms with Gasteiger partial charge in [0.05, 0.1) is 20.3 Å². The van der Waals surface area contributed by atoms with Crippen LogP contribution in [0.3, 0.4) is 0 Å². The standard InChI is InChI=1S/C20H20N2O3S2/c1-24-14-5-6-15(18(10-14)25-2)17-4-3-8-22(17)20(23)16-12-27-19(21-16)13-7-9-26-11-13/h5-7,9-12,17H,3-4,8H2,1-2H3/t17-/m0/s1. The Labute approximate surface area is 166 Å². The summed E-state index contributed by atoms with van der Waals surface area (Å²) >= 11 is 3.14. The third-order valence-corrected chi connectivity index (χ3v) is 6.38. The van der Waals surface area contributed by atoms with Gasteiger partial charge in [0.15, 0.2) is 0 Å². The summed E-state index contributed by atoms with van der Waals surface area (Å²) in [6.07, 6.45) is 1.88. The first kappa shape index (κ1) is 18.0. The fourth-order valence-corrected chi connectivity index (χ4v) is 4.97. The van der Waals surface area contributed by atoms with E-state index in [1.807, 2.05) is 45.3 Å². The minimum Gasteiger partial charge on any atom is -0.497 e. The molecule has 5 nitrogen and oxygen atoms in total. The third kappa shape index (κ3) is 3.44. The highest BCUT2D eigenvalue weighted by atomic mass is 32.1. The molecule has 0 radical (unpaired) electrons. The van der Waals surface area contributed by atoms with Gasteiger partial charge < -0.3 is 14.4 Å². The molecule has 27 heavy (non-hydrogen) atoms. The number of benzene rings is 1. The number of thiazole rings is 1. The second kappa shape index (κ2) is 7.70. The summed E-state index contributed by atoms with van der Waals surface area (Å²) in [6, 6.07) is 7.79. The molecular formula is C20H20N2O3S2. The van der Waals surface area contributed by atoms with Crippen molar-refractivity contribution in [2.45, 2.75) is 18.9 Å². The van der Waals surface area contributed by atoms with Crippen LogP contribution in [0.2, 0.25) is 0 Å². The van der Waals surface area contributed by atoms with Crippen LogP contribution in [0, 0.1) is 0 Å². The van der Waals surface area contributed by atoms with Crippen LogP contribution in [0.25, 0.3) is 10.6 Å². The van der Waals surface area contributed by atoms with Gasteiger partial charge in [0.25, 0.3) is 5.91 Å². The second-order valence-electron chi connectivity index (χ2n) is 6.31. The normalized spacial score (nSPS) is 16.5. The number of ether oxygens (including phenoxy) is 2. The lowest BCUT2D eigenvalue weighted by molar-refractivity contribution is 0.0729. The highest BCUT2D eigenvalue weighted by Gasteiger charge is 2.33. The van der Waals surface area contributed by atoms with Crippen LogP contribution in [0.4, 0.5) is 0 Å². The fourth-order valence-electron chi connectivity index (χ4n) is 3.46. The SMILES string of the molecule is COc1ccc([C@@H]2CCCN2C(=O)c2csc(-c3ccsc3)n2)c(OC)c1. The van der Waals surface area contributed by atoms with Crippen molar-refractivity contribution < 1.29 is 14.3 Å². The van der Waals surface area contributed by atoms with Crippen molar-refractivity contribution in [2.75, 3.05) is 20.8 Å². The molecule has 0 unspecified atom stereocenters. The first-order valence-corrected chi connectivity index (χ1v) is 10.5. The van der Waals surface area contributed by atoms with Crippen LogP contribution in [0.1, 0.15) is 34.9 Å². The summed E-state index contributed by atoms with van der Waals surface area (Å²) < 4.78 is 10.8. The van der Waals surface area contributed by atoms with E-state index in [1.165, 1.54) is 11.3 Å². The highest BCUT2D eigenvalue weighted by Crippen LogP contribution is 2.39. The zero-order chi connectivity index (χ0) is 18.8. The van der Waals surface area contributed by atoms with Crippen molar-refractivity contribution in [3.05, 3.63) is 51.7 Å². The molecule has 0 aliphatic carbocycles. The molecule has 1 saturated heterocycles. The topological polar surface area (TPSA) is 51.7 Å². The average Bonchev–Trinajstić information content (AvgIpc) is 3.47. The van der Waals surface area contributed by atoms with Crippen molar-refractivity contribution in [2.24, 2.45) is 0 Å². The van der Waals surface area contributed by atoms with Crippen molar-refractivity contribution in [3.63, 3.8) is 0 Å². The number of hydrogen-bond acceptors (Lipinski definition) is 6. The van der Waals surface area contributed by atoms with Gasteiger partial charge >= 0.3 is 0 Å². The number of methoxy groups -OCH3 is 2. The van der Waals surface area contributed by atoms with Gasteiger partial charge in [0.2, 0.25) is 0 Å². The van der Waals surface area contributed by atoms with Crippen LogP contribution >= 0.6 is 22.7 Å². The smallest absolute Gasteiger partial charge is 0.273 e. The summed E-state index contributed by atoms with van der Waals surface area (Å²) in [7, 11) is 3.28. The van der Waals surface area contributed by atoms with Gasteiger partial charge in [-0.15, -0.1) is 11.3 Å². The van der Waals surface area contributed by atoms with Gasteiger partial charge in [-0.1, -0.05) is 0 Å². The molecule has 3 heterocycles. The molecule has 7 heteroatoms. The van der Waals surface area contributed by atoms with Gasteiger partial charge in [-0.05, 0) is 36.4 Å². The third-order valence-electron chi connectivity index (χ3n) is 4.80. The van der Waals surface area contributed by atoms with Crippen molar-refractivity contribution in [1.82, 2.24) is 9.88 Å². The molecule has 1 aliphatic rings. The molecule has 0 saturated carbocycles. The number of likely N-dealkylation sites (tertiary alicyclic amines) is 1. The van der Waals surface area contributed by atoms with Crippen LogP contribution in [0.15, 0.2) is 40.4 Å². The van der Waals surface area contributed by atoms with Gasteiger partial charge in [-0.25, -0.2) is 4.98 Å². The first-order chi connectivity index (χ1) is 13.2. The van der Waals surface area contributed by atoms with E-state index in [4.69, 9.17) is 9.47 Å². The number of hydrogen-bond donors (Lipinski definition) is 0. The lowest BCUT2D eigenvalue weighted by atomic mass is 10.0. The Kier molecular flexibility index (Phi) is 5.13. The lowest BCUT2D eigenvalue weighted by Gasteiger charge is -2.26. The van der Waals surface area contributed by atoms with E-state index in [2.05, 4.69) is 4.98 Å². The zero-order valence-corrected chi connectivity index (χ0v) is 16.8. The minimum atomic E-state index is -0.0203. The largest absolute Gasteiger partial charge is 0.497 e. The molecule has 1 amide bonds. The monoisotopic (exact) mass is 400 g/mol. The van der Waals surface area contributed by atoms with E-state index < -0.39 is 0 Å². The molecule has 0 bridgehead atoms. The van der Waals surface area contributed by atoms with Gasteiger partial charge in [0.1, 0.15) is 22.2 Å². The molecule has 1 atom stereocenters. The van der Waals surface area contributed by atoms with Gasteiger partial charge in [-0.2, -0.15) is 11.3 Å². The number of carbonyl (C=O) groups excluding carboxylic acids is 1. The molecule has 3 aromatic rings. The predicted octanol–water partition coefficient (Wildman–Crippen LogP) is 4.87. The Morgan fingerprint density at radius 3 is 2.85 bits per heavy atom. The fraction of sp³-hybridized carbons (Fsp3) is 0.300. The Balaban J connectivity index is 1.61. The van der Waals surface area contributed by atoms with Crippen molar-refractivity contribution >= 4 is 28.6 Å². The average molecular weight is 401 g/mol. The Hall–Kier alpha value is -2.38. The van der Waals surface area contributed by atoms with E-state index >= 15 is 0 Å². The van der Waals surface area contributed by atoms with E-state index in [1.54, 1.807) is 25.6 Å². The summed E-state index contributed by atoms with van der Waals surface area (Å²) in [5.41, 5.74) is 2.59. The molecule has 1 aromatic carbocycles. The molecule has 0 spiro atoms. The molecule has 4 rings (SSSR count). The van der Waals surface area contributed by atoms with E-state index in [9.17, 15) is 4.79 Å². The summed E-state index contributed by atoms with van der Waals surface area (Å²) in [5.74, 6) is 1.47. The number of thiophene rings is 1. The number of carbonyl (C=O) groups is 1. The van der Waals surface area contributed by atoms with Crippen LogP contribution in [-0.2, 0) is 0 Å². The van der Waals surface area contributed by atoms with Crippen LogP contribution < -0.4 is 9.47 Å². The quantitative estimate of drug-likeness (QED) is 0.613. The molecule has 0 N–H and O–H groups in total. The van der Waals surface area contributed by atoms with E-state index in [0.29, 0.717) is 5.69 Å². The Bertz CT molecular complexity index is 937. The maximum Gasteiger partial charge on any atom is 0.273 e. The molecule has 1 aliphatic heterocycles. The number of rotatable bonds is 5. The number of aromatic nitrogens is 1. The maximum atomic E-state index is 13.1. The van der Waals surface area contributed by atoms with Crippen LogP contribution in [-0.4, -0.2) is 36.6 Å². The van der Waals surface area contributed by atoms with Crippen LogP contribution in [0.5, 0.6) is 11.5 Å². The minimum absolute atomic E-state index is 0.00958. The van der Waals surface area contributed by atoms with Gasteiger partial charge in [-0.3, -0.25) is 4.79 Å². The summed E-state index contributed by atoms with van der Waals surface area (Å²) in [6.45, 7) is 0.726. The maximum absolute atomic E-state index is 13.1. The zero-order valence-electron chi connectivity index (χ0n) is 15.2. The van der Waals surface area contributed by atoms with E-state index in [-0.39, 0.29) is 11.9 Å². The Morgan fingerprint density at radius 2 is 2.11 bits per heavy atom. The highest BCUT2D eigenvalue weighted by molar-refractivity contribution is 7.14. The molecular weight excluding hydrogens is 380 g/mol. The number of nitrogens with zero attached hydrogens (tertiary/aromatic N) is 2. The van der Waals surface area contributed by atoms with Crippen molar-refractivity contribution in [1.29, 1.82) is 0 Å². The predicted molar refractivity (Wildman–Crippen MR) is 108 cm³/mol. The second-order valence-corrected chi connectivity index (χ2v) is 7.95. The van der Waals surface area contributed by atoms with E-state index in [0.717, 1.165) is 47.0 Å². The molecule has 140 valence electrons. The summed E-state index contributed by atoms with van der Waals surface area (Å²) in [4.78, 5) is 19.6. The number of amides is 1.